The van der Waals surface area contributed by atoms with Gasteiger partial charge >= 0.3 is 0 Å². The Hall–Kier alpha value is -3.00. The first-order valence-electron chi connectivity index (χ1n) is 7.76. The molecule has 24 heavy (non-hydrogen) atoms. The highest BCUT2D eigenvalue weighted by Gasteiger charge is 2.20. The van der Waals surface area contributed by atoms with Gasteiger partial charge < -0.3 is 14.1 Å². The Bertz CT molecular complexity index is 1020. The number of hydrogen-bond donors (Lipinski definition) is 1. The molecule has 1 aromatic carbocycles. The molecule has 4 heterocycles. The van der Waals surface area contributed by atoms with Crippen LogP contribution in [0.25, 0.3) is 33.5 Å². The summed E-state index contributed by atoms with van der Waals surface area (Å²) in [7, 11) is 0. The van der Waals surface area contributed by atoms with E-state index in [-0.39, 0.29) is 0 Å². The van der Waals surface area contributed by atoms with E-state index in [4.69, 9.17) is 14.1 Å². The lowest BCUT2D eigenvalue weighted by molar-refractivity contribution is 0.122. The summed E-state index contributed by atoms with van der Waals surface area (Å²) in [5.74, 6) is 1.38. The fraction of sp³-hybridized carbons (Fsp3) is 0.250. The summed E-state index contributed by atoms with van der Waals surface area (Å²) in [4.78, 5) is 15.7. The number of aromatic amines is 1. The summed E-state index contributed by atoms with van der Waals surface area (Å²) in [6.45, 7) is 2.89. The van der Waals surface area contributed by atoms with E-state index in [1.807, 2.05) is 18.2 Å². The van der Waals surface area contributed by atoms with Crippen molar-refractivity contribution < 1.29 is 9.15 Å². The Kier molecular flexibility index (Phi) is 2.95. The molecule has 0 saturated carbocycles. The van der Waals surface area contributed by atoms with Gasteiger partial charge in [0.1, 0.15) is 0 Å². The van der Waals surface area contributed by atoms with E-state index >= 15 is 0 Å². The Morgan fingerprint density at radius 3 is 2.96 bits per heavy atom. The van der Waals surface area contributed by atoms with Crippen molar-refractivity contribution in [2.24, 2.45) is 0 Å². The van der Waals surface area contributed by atoms with E-state index in [1.54, 1.807) is 6.20 Å². The third kappa shape index (κ3) is 2.11. The topological polar surface area (TPSA) is 93.0 Å². The number of aromatic nitrogens is 5. The van der Waals surface area contributed by atoms with Gasteiger partial charge in [-0.15, -0.1) is 0 Å². The molecule has 1 aliphatic heterocycles. The van der Waals surface area contributed by atoms with Gasteiger partial charge in [-0.3, -0.25) is 5.10 Å². The van der Waals surface area contributed by atoms with Crippen molar-refractivity contribution in [1.29, 1.82) is 0 Å². The van der Waals surface area contributed by atoms with Crippen LogP contribution in [0.15, 0.2) is 35.2 Å². The molecule has 120 valence electrons. The van der Waals surface area contributed by atoms with Gasteiger partial charge in [0.15, 0.2) is 18.0 Å². The Balaban J connectivity index is 1.67. The molecule has 1 N–H and O–H groups in total. The maximum atomic E-state index is 5.52. The molecule has 8 nitrogen and oxygen atoms in total. The number of H-pyrrole nitrogens is 1. The minimum atomic E-state index is 0.561. The second kappa shape index (κ2) is 5.27. The molecule has 8 heteroatoms. The molecular formula is C16H14N6O2. The number of fused-ring (bicyclic) bond motifs is 2. The molecule has 1 aliphatic rings. The monoisotopic (exact) mass is 322 g/mol. The van der Waals surface area contributed by atoms with Gasteiger partial charge in [-0.1, -0.05) is 12.1 Å². The zero-order valence-corrected chi connectivity index (χ0v) is 12.8. The van der Waals surface area contributed by atoms with Crippen molar-refractivity contribution >= 4 is 28.0 Å². The zero-order valence-electron chi connectivity index (χ0n) is 12.8. The molecule has 0 amide bonds. The van der Waals surface area contributed by atoms with Crippen molar-refractivity contribution in [2.75, 3.05) is 31.2 Å². The van der Waals surface area contributed by atoms with Crippen LogP contribution in [0, 0.1) is 0 Å². The summed E-state index contributed by atoms with van der Waals surface area (Å²) in [5, 5.41) is 8.08. The highest BCUT2D eigenvalue weighted by molar-refractivity contribution is 5.86. The van der Waals surface area contributed by atoms with E-state index in [1.165, 1.54) is 6.39 Å². The van der Waals surface area contributed by atoms with E-state index in [2.05, 4.69) is 25.1 Å². The SMILES string of the molecule is c1nc2nc(-c3ccc4cn[nH]c4c3)nc(N3CCOCC3)c2o1. The highest BCUT2D eigenvalue weighted by Crippen LogP contribution is 2.28. The van der Waals surface area contributed by atoms with Gasteiger partial charge in [0.25, 0.3) is 0 Å². The van der Waals surface area contributed by atoms with E-state index in [0.29, 0.717) is 30.3 Å². The predicted molar refractivity (Wildman–Crippen MR) is 87.7 cm³/mol. The van der Waals surface area contributed by atoms with Gasteiger partial charge in [0, 0.05) is 24.0 Å². The van der Waals surface area contributed by atoms with Crippen LogP contribution in [0.4, 0.5) is 5.82 Å². The number of anilines is 1. The molecule has 1 fully saturated rings. The van der Waals surface area contributed by atoms with Crippen molar-refractivity contribution in [3.05, 3.63) is 30.8 Å². The van der Waals surface area contributed by atoms with E-state index in [9.17, 15) is 0 Å². The average molecular weight is 322 g/mol. The van der Waals surface area contributed by atoms with Crippen LogP contribution in [0.3, 0.4) is 0 Å². The molecule has 0 radical (unpaired) electrons. The van der Waals surface area contributed by atoms with Crippen molar-refractivity contribution in [3.8, 4) is 11.4 Å². The number of nitrogens with one attached hydrogen (secondary N) is 1. The molecule has 1 saturated heterocycles. The number of ether oxygens (including phenoxy) is 1. The number of benzene rings is 1. The average Bonchev–Trinajstić information content (AvgIpc) is 3.29. The number of morpholine rings is 1. The first-order chi connectivity index (χ1) is 11.9. The number of hydrogen-bond acceptors (Lipinski definition) is 7. The minimum absolute atomic E-state index is 0.561. The molecule has 3 aromatic heterocycles. The lowest BCUT2D eigenvalue weighted by atomic mass is 10.1. The molecule has 0 unspecified atom stereocenters. The minimum Gasteiger partial charge on any atom is -0.438 e. The molecule has 4 aromatic rings. The summed E-state index contributed by atoms with van der Waals surface area (Å²) < 4.78 is 10.9. The van der Waals surface area contributed by atoms with Crippen LogP contribution in [0.1, 0.15) is 0 Å². The quantitative estimate of drug-likeness (QED) is 0.603. The zero-order chi connectivity index (χ0) is 15.9. The van der Waals surface area contributed by atoms with Crippen molar-refractivity contribution in [1.82, 2.24) is 25.1 Å². The van der Waals surface area contributed by atoms with Crippen molar-refractivity contribution in [3.63, 3.8) is 0 Å². The molecule has 0 atom stereocenters. The smallest absolute Gasteiger partial charge is 0.215 e. The van der Waals surface area contributed by atoms with Crippen LogP contribution in [0.2, 0.25) is 0 Å². The lowest BCUT2D eigenvalue weighted by Crippen LogP contribution is -2.37. The number of rotatable bonds is 2. The fourth-order valence-corrected chi connectivity index (χ4v) is 2.94. The van der Waals surface area contributed by atoms with E-state index in [0.717, 1.165) is 35.4 Å². The number of oxazole rings is 1. The van der Waals surface area contributed by atoms with Crippen LogP contribution >= 0.6 is 0 Å². The Labute approximate surface area is 136 Å². The normalized spacial score (nSPS) is 15.4. The lowest BCUT2D eigenvalue weighted by Gasteiger charge is -2.27. The summed E-state index contributed by atoms with van der Waals surface area (Å²) in [5.41, 5.74) is 3.03. The fourth-order valence-electron chi connectivity index (χ4n) is 2.94. The standard InChI is InChI=1S/C16H14N6O2/c1-2-11-8-18-21-12(11)7-10(1)14-19-15-13(24-9-17-15)16(20-14)22-3-5-23-6-4-22/h1-2,7-9H,3-6H2,(H,18,21). The molecule has 0 spiro atoms. The first-order valence-corrected chi connectivity index (χ1v) is 7.76. The Morgan fingerprint density at radius 2 is 2.04 bits per heavy atom. The third-order valence-corrected chi connectivity index (χ3v) is 4.19. The molecule has 0 bridgehead atoms. The van der Waals surface area contributed by atoms with Crippen LogP contribution in [0.5, 0.6) is 0 Å². The van der Waals surface area contributed by atoms with E-state index < -0.39 is 0 Å². The summed E-state index contributed by atoms with van der Waals surface area (Å²) >= 11 is 0. The van der Waals surface area contributed by atoms with Crippen LogP contribution in [-0.4, -0.2) is 51.5 Å². The van der Waals surface area contributed by atoms with Gasteiger partial charge in [0.2, 0.25) is 11.2 Å². The second-order valence-electron chi connectivity index (χ2n) is 5.65. The largest absolute Gasteiger partial charge is 0.438 e. The summed E-state index contributed by atoms with van der Waals surface area (Å²) in [6.07, 6.45) is 3.20. The Morgan fingerprint density at radius 1 is 1.12 bits per heavy atom. The van der Waals surface area contributed by atoms with Crippen LogP contribution < -0.4 is 4.90 Å². The highest BCUT2D eigenvalue weighted by atomic mass is 16.5. The molecular weight excluding hydrogens is 308 g/mol. The predicted octanol–water partition coefficient (Wildman–Crippen LogP) is 2.00. The van der Waals surface area contributed by atoms with Gasteiger partial charge in [-0.2, -0.15) is 10.1 Å². The van der Waals surface area contributed by atoms with Crippen molar-refractivity contribution in [2.45, 2.75) is 0 Å². The first kappa shape index (κ1) is 13.4. The maximum absolute atomic E-state index is 5.52. The summed E-state index contributed by atoms with van der Waals surface area (Å²) in [6, 6.07) is 5.98. The van der Waals surface area contributed by atoms with Gasteiger partial charge in [-0.05, 0) is 6.07 Å². The third-order valence-electron chi connectivity index (χ3n) is 4.19. The number of nitrogens with zero attached hydrogens (tertiary/aromatic N) is 5. The van der Waals surface area contributed by atoms with Gasteiger partial charge in [0.05, 0.1) is 24.9 Å². The van der Waals surface area contributed by atoms with Gasteiger partial charge in [-0.25, -0.2) is 9.97 Å². The second-order valence-corrected chi connectivity index (χ2v) is 5.65. The van der Waals surface area contributed by atoms with Crippen LogP contribution in [-0.2, 0) is 4.74 Å². The molecule has 0 aliphatic carbocycles. The maximum Gasteiger partial charge on any atom is 0.215 e. The molecule has 5 rings (SSSR count).